The summed E-state index contributed by atoms with van der Waals surface area (Å²) >= 11 is 0. The Bertz CT molecular complexity index is 2690. The molecule has 0 heterocycles. The van der Waals surface area contributed by atoms with Gasteiger partial charge in [0, 0.05) is 25.7 Å². The lowest BCUT2D eigenvalue weighted by atomic mass is 10.1. The second-order valence-electron chi connectivity index (χ2n) is 25.2. The van der Waals surface area contributed by atoms with E-state index in [-0.39, 0.29) is 25.7 Å². The SMILES string of the molecule is CC/C=C\C/C=C\C/C=C\C/C=C\C/C=C\C/C=C\CCC(=O)OCC(COP(=O)(O)OCC(O)COP(=O)(O)OCC(COC(=O)CC/C=C\C/C=C\C/C=C\C/C=C\C/C=C\C/C=C\CC)OC(=O)CCCCCCC/C=C\CCCC)OC(=O)CCCCCCC/C=C\C/C=C\CCCCC. The Labute approximate surface area is 628 Å². The van der Waals surface area contributed by atoms with Crippen LogP contribution in [0.15, 0.2) is 182 Å². The van der Waals surface area contributed by atoms with Gasteiger partial charge >= 0.3 is 39.5 Å². The van der Waals surface area contributed by atoms with Gasteiger partial charge in [0.05, 0.1) is 26.4 Å². The molecular formula is C85H136O17P2. The number of phosphoric acid groups is 2. The van der Waals surface area contributed by atoms with E-state index in [2.05, 4.69) is 174 Å². The molecule has 104 heavy (non-hydrogen) atoms. The minimum Gasteiger partial charge on any atom is -0.462 e. The van der Waals surface area contributed by atoms with E-state index in [0.717, 1.165) is 154 Å². The molecule has 5 unspecified atom stereocenters. The van der Waals surface area contributed by atoms with E-state index >= 15 is 0 Å². The van der Waals surface area contributed by atoms with Crippen molar-refractivity contribution < 1.29 is 80.2 Å². The van der Waals surface area contributed by atoms with Crippen LogP contribution in [0.4, 0.5) is 0 Å². The van der Waals surface area contributed by atoms with Crippen molar-refractivity contribution in [2.45, 2.75) is 290 Å². The molecule has 5 atom stereocenters. The van der Waals surface area contributed by atoms with Crippen molar-refractivity contribution in [3.05, 3.63) is 182 Å². The van der Waals surface area contributed by atoms with Crippen molar-refractivity contribution in [2.75, 3.05) is 39.6 Å². The van der Waals surface area contributed by atoms with Crippen molar-refractivity contribution in [3.8, 4) is 0 Å². The summed E-state index contributed by atoms with van der Waals surface area (Å²) in [6.45, 7) is 4.35. The molecule has 0 saturated carbocycles. The number of unbranched alkanes of at least 4 members (excludes halogenated alkanes) is 15. The number of phosphoric ester groups is 2. The van der Waals surface area contributed by atoms with Crippen LogP contribution >= 0.6 is 15.6 Å². The third-order valence-electron chi connectivity index (χ3n) is 15.4. The van der Waals surface area contributed by atoms with E-state index in [1.54, 1.807) is 0 Å². The van der Waals surface area contributed by atoms with Gasteiger partial charge in [-0.25, -0.2) is 9.13 Å². The molecule has 0 aromatic heterocycles. The van der Waals surface area contributed by atoms with Gasteiger partial charge in [-0.05, 0) is 154 Å². The summed E-state index contributed by atoms with van der Waals surface area (Å²) in [5.74, 6) is -2.42. The molecule has 17 nitrogen and oxygen atoms in total. The average Bonchev–Trinajstić information content (AvgIpc) is 0.929. The lowest BCUT2D eigenvalue weighted by Gasteiger charge is -2.21. The fourth-order valence-electron chi connectivity index (χ4n) is 9.46. The highest BCUT2D eigenvalue weighted by molar-refractivity contribution is 7.47. The topological polar surface area (TPSA) is 237 Å². The van der Waals surface area contributed by atoms with Crippen molar-refractivity contribution in [3.63, 3.8) is 0 Å². The van der Waals surface area contributed by atoms with E-state index in [9.17, 15) is 43.2 Å². The summed E-state index contributed by atoms with van der Waals surface area (Å²) in [6, 6.07) is 0. The second-order valence-corrected chi connectivity index (χ2v) is 28.1. The maximum Gasteiger partial charge on any atom is 0.472 e. The number of aliphatic hydroxyl groups excluding tert-OH is 1. The van der Waals surface area contributed by atoms with Gasteiger partial charge in [0.15, 0.2) is 12.2 Å². The smallest absolute Gasteiger partial charge is 0.462 e. The number of hydrogen-bond acceptors (Lipinski definition) is 15. The van der Waals surface area contributed by atoms with Crippen molar-refractivity contribution in [1.29, 1.82) is 0 Å². The molecule has 0 aliphatic rings. The molecule has 0 rings (SSSR count). The van der Waals surface area contributed by atoms with Crippen LogP contribution in [0.3, 0.4) is 0 Å². The number of allylic oxidation sites excluding steroid dienone is 30. The molecule has 0 amide bonds. The number of esters is 4. The van der Waals surface area contributed by atoms with E-state index < -0.39 is 97.5 Å². The molecule has 0 aromatic carbocycles. The van der Waals surface area contributed by atoms with Gasteiger partial charge in [-0.2, -0.15) is 0 Å². The van der Waals surface area contributed by atoms with Gasteiger partial charge in [0.2, 0.25) is 0 Å². The Kier molecular flexibility index (Phi) is 71.2. The predicted octanol–water partition coefficient (Wildman–Crippen LogP) is 22.8. The van der Waals surface area contributed by atoms with Gasteiger partial charge in [0.1, 0.15) is 19.3 Å². The molecule has 0 radical (unpaired) electrons. The molecule has 0 saturated heterocycles. The number of aliphatic hydroxyl groups is 1. The molecule has 3 N–H and O–H groups in total. The molecule has 0 fully saturated rings. The van der Waals surface area contributed by atoms with E-state index in [1.807, 2.05) is 36.5 Å². The van der Waals surface area contributed by atoms with E-state index in [1.165, 1.54) is 25.7 Å². The maximum atomic E-state index is 13.1. The molecule has 0 spiro atoms. The monoisotopic (exact) mass is 1490 g/mol. The first kappa shape index (κ1) is 98.2. The van der Waals surface area contributed by atoms with E-state index in [4.69, 9.17) is 37.0 Å². The van der Waals surface area contributed by atoms with Gasteiger partial charge in [-0.3, -0.25) is 37.3 Å². The normalized spacial score (nSPS) is 14.9. The highest BCUT2D eigenvalue weighted by Gasteiger charge is 2.30. The maximum absolute atomic E-state index is 13.1. The minimum atomic E-state index is -5.01. The Morgan fingerprint density at radius 1 is 0.279 bits per heavy atom. The molecule has 0 aliphatic heterocycles. The summed E-state index contributed by atoms with van der Waals surface area (Å²) in [7, 11) is -10.0. The van der Waals surface area contributed by atoms with Crippen LogP contribution in [-0.2, 0) is 65.4 Å². The summed E-state index contributed by atoms with van der Waals surface area (Å²) in [5, 5.41) is 10.6. The first-order valence-corrected chi connectivity index (χ1v) is 42.0. The molecule has 0 bridgehead atoms. The zero-order valence-corrected chi connectivity index (χ0v) is 65.9. The summed E-state index contributed by atoms with van der Waals surface area (Å²) < 4.78 is 68.3. The highest BCUT2D eigenvalue weighted by atomic mass is 31.2. The molecule has 588 valence electrons. The van der Waals surface area contributed by atoms with Crippen LogP contribution in [-0.4, -0.2) is 96.7 Å². The zero-order chi connectivity index (χ0) is 76.0. The van der Waals surface area contributed by atoms with Crippen LogP contribution in [0.2, 0.25) is 0 Å². The highest BCUT2D eigenvalue weighted by Crippen LogP contribution is 2.45. The quantitative estimate of drug-likeness (QED) is 0.0169. The lowest BCUT2D eigenvalue weighted by Crippen LogP contribution is -2.30. The van der Waals surface area contributed by atoms with E-state index in [0.29, 0.717) is 38.5 Å². The standard InChI is InChI=1S/C85H136O17P2/c1-5-9-13-17-21-25-29-32-35-37-39-41-44-46-50-53-57-61-65-69-82(87)95-75-80(101-84(89)71-67-63-59-55-49-28-24-20-16-12-8-4)77-99-103(91,92)97-73-79(86)74-98-104(93,94)100-78-81(102-85(90)72-68-64-60-56-52-48-43-34-31-27-23-19-15-11-7-3)76-96-83(88)70-66-62-58-54-51-47-45-42-40-38-36-33-30-26-22-18-14-10-6-2/h9-10,13-14,20-27,32-36,39-43,46-47,50-51,57-58,61-62,79-81,86H,5-8,11-12,15-19,28-31,37-38,44-45,48-49,52-56,59-60,63-78H2,1-4H3,(H,91,92)(H,93,94)/b13-9-,14-10-,24-20-,25-21-,26-22-,27-23-,35-32-,36-33-,41-39-,42-40-,43-34-,50-46-,51-47-,61-57-,62-58-. The van der Waals surface area contributed by atoms with Crippen LogP contribution in [0, 0.1) is 0 Å². The lowest BCUT2D eigenvalue weighted by molar-refractivity contribution is -0.161. The molecular weight excluding hydrogens is 1350 g/mol. The minimum absolute atomic E-state index is 0.0253. The summed E-state index contributed by atoms with van der Waals surface area (Å²) in [6.07, 6.45) is 90.6. The number of carbonyl (C=O) groups is 4. The third-order valence-corrected chi connectivity index (χ3v) is 17.3. The first-order chi connectivity index (χ1) is 50.7. The van der Waals surface area contributed by atoms with Gasteiger partial charge in [-0.15, -0.1) is 0 Å². The zero-order valence-electron chi connectivity index (χ0n) is 64.1. The Morgan fingerprint density at radius 2 is 0.529 bits per heavy atom. The Morgan fingerprint density at radius 3 is 0.846 bits per heavy atom. The number of carbonyl (C=O) groups excluding carboxylic acids is 4. The average molecular weight is 1490 g/mol. The van der Waals surface area contributed by atoms with Crippen LogP contribution in [0.25, 0.3) is 0 Å². The Hall–Kier alpha value is -5.84. The molecule has 0 aliphatic carbocycles. The van der Waals surface area contributed by atoms with Gasteiger partial charge in [0.25, 0.3) is 0 Å². The molecule has 0 aromatic rings. The van der Waals surface area contributed by atoms with Gasteiger partial charge in [-0.1, -0.05) is 274 Å². The van der Waals surface area contributed by atoms with Crippen LogP contribution in [0.1, 0.15) is 272 Å². The molecule has 19 heteroatoms. The largest absolute Gasteiger partial charge is 0.472 e. The fourth-order valence-corrected chi connectivity index (χ4v) is 11.0. The summed E-state index contributed by atoms with van der Waals surface area (Å²) in [5.41, 5.74) is 0. The number of hydrogen-bond donors (Lipinski definition) is 3. The second kappa shape index (κ2) is 75.4. The number of rotatable bonds is 71. The van der Waals surface area contributed by atoms with Crippen molar-refractivity contribution >= 4 is 39.5 Å². The van der Waals surface area contributed by atoms with Crippen LogP contribution in [0.5, 0.6) is 0 Å². The van der Waals surface area contributed by atoms with Crippen molar-refractivity contribution in [2.24, 2.45) is 0 Å². The summed E-state index contributed by atoms with van der Waals surface area (Å²) in [4.78, 5) is 72.8. The predicted molar refractivity (Wildman–Crippen MR) is 426 cm³/mol. The Balaban J connectivity index is 5.48. The first-order valence-electron chi connectivity index (χ1n) is 39.0. The van der Waals surface area contributed by atoms with Crippen molar-refractivity contribution in [1.82, 2.24) is 0 Å². The number of ether oxygens (including phenoxy) is 4. The van der Waals surface area contributed by atoms with Crippen LogP contribution < -0.4 is 0 Å². The fraction of sp³-hybridized carbons (Fsp3) is 0.600. The third kappa shape index (κ3) is 74.4. The van der Waals surface area contributed by atoms with Gasteiger partial charge < -0.3 is 33.8 Å².